The number of hydrogen-bond donors (Lipinski definition) is 1. The zero-order chi connectivity index (χ0) is 27.0. The number of nitrogens with zero attached hydrogens (tertiary/aromatic N) is 2. The molecule has 0 radical (unpaired) electrons. The van der Waals surface area contributed by atoms with Gasteiger partial charge in [0.2, 0.25) is 0 Å². The van der Waals surface area contributed by atoms with Crippen LogP contribution < -0.4 is 19.2 Å². The quantitative estimate of drug-likeness (QED) is 0.185. The summed E-state index contributed by atoms with van der Waals surface area (Å²) in [5.74, 6) is -0.311. The van der Waals surface area contributed by atoms with E-state index in [4.69, 9.17) is 21.1 Å². The van der Waals surface area contributed by atoms with Gasteiger partial charge in [0.25, 0.3) is 15.9 Å². The molecule has 0 spiro atoms. The summed E-state index contributed by atoms with van der Waals surface area (Å²) < 4.78 is 42.4. The summed E-state index contributed by atoms with van der Waals surface area (Å²) in [6, 6.07) is 16.9. The summed E-state index contributed by atoms with van der Waals surface area (Å²) in [4.78, 5) is 24.1. The van der Waals surface area contributed by atoms with Crippen LogP contribution >= 0.6 is 11.6 Å². The van der Waals surface area contributed by atoms with Crippen LogP contribution in [0.5, 0.6) is 11.5 Å². The monoisotopic (exact) mass is 545 g/mol. The van der Waals surface area contributed by atoms with Gasteiger partial charge < -0.3 is 14.2 Å². The Morgan fingerprint density at radius 2 is 1.68 bits per heavy atom. The molecule has 0 aliphatic rings. The number of aryl methyl sites for hydroxylation is 1. The number of ether oxygens (including phenoxy) is 3. The highest BCUT2D eigenvalue weighted by Crippen LogP contribution is 2.28. The lowest BCUT2D eigenvalue weighted by atomic mass is 10.2. The number of anilines is 1. The SMILES string of the molecule is COC(=O)Oc1ccc(/C=N\NC(=O)CN(c2ccc(Cl)cc2)S(=O)(=O)c2ccc(C)cc2)cc1OC. The first-order chi connectivity index (χ1) is 17.6. The van der Waals surface area contributed by atoms with Crippen molar-refractivity contribution < 1.29 is 32.2 Å². The van der Waals surface area contributed by atoms with Crippen molar-refractivity contribution in [3.05, 3.63) is 82.9 Å². The van der Waals surface area contributed by atoms with Crippen LogP contribution in [0.2, 0.25) is 5.02 Å². The van der Waals surface area contributed by atoms with Gasteiger partial charge in [-0.05, 0) is 67.1 Å². The molecule has 3 aromatic carbocycles. The van der Waals surface area contributed by atoms with E-state index in [1.165, 1.54) is 69.0 Å². The highest BCUT2D eigenvalue weighted by molar-refractivity contribution is 7.92. The summed E-state index contributed by atoms with van der Waals surface area (Å²) in [7, 11) is -1.50. The molecule has 0 aliphatic carbocycles. The molecule has 0 saturated carbocycles. The summed E-state index contributed by atoms with van der Waals surface area (Å²) in [6.07, 6.45) is 0.418. The van der Waals surface area contributed by atoms with Gasteiger partial charge in [0.15, 0.2) is 11.5 Å². The second-order valence-electron chi connectivity index (χ2n) is 7.56. The number of carbonyl (C=O) groups is 2. The number of nitrogens with one attached hydrogen (secondary N) is 1. The molecule has 194 valence electrons. The number of carbonyl (C=O) groups excluding carboxylic acids is 2. The Morgan fingerprint density at radius 1 is 1.00 bits per heavy atom. The number of halogens is 1. The number of sulfonamides is 1. The third kappa shape index (κ3) is 7.21. The van der Waals surface area contributed by atoms with E-state index in [1.54, 1.807) is 18.2 Å². The van der Waals surface area contributed by atoms with Crippen LogP contribution in [-0.2, 0) is 19.6 Å². The van der Waals surface area contributed by atoms with Gasteiger partial charge in [-0.25, -0.2) is 18.6 Å². The smallest absolute Gasteiger partial charge is 0.493 e. The van der Waals surface area contributed by atoms with Crippen molar-refractivity contribution >= 4 is 45.6 Å². The van der Waals surface area contributed by atoms with E-state index in [0.717, 1.165) is 9.87 Å². The lowest BCUT2D eigenvalue weighted by molar-refractivity contribution is -0.119. The predicted octanol–water partition coefficient (Wildman–Crippen LogP) is 4.15. The van der Waals surface area contributed by atoms with Gasteiger partial charge in [0, 0.05) is 5.02 Å². The standard InChI is InChI=1S/C25H24ClN3O7S/c1-17-4-11-21(12-5-17)37(32,33)29(20-9-7-19(26)8-10-20)16-24(30)28-27-15-18-6-13-22(23(14-18)34-2)36-25(31)35-3/h4-15H,16H2,1-3H3,(H,28,30)/b27-15-. The fraction of sp³-hybridized carbons (Fsp3) is 0.160. The molecular formula is C25H24ClN3O7S. The van der Waals surface area contributed by atoms with Crippen LogP contribution in [0.3, 0.4) is 0 Å². The molecule has 0 bridgehead atoms. The molecule has 1 N–H and O–H groups in total. The van der Waals surface area contributed by atoms with Crippen molar-refractivity contribution in [2.75, 3.05) is 25.1 Å². The first kappa shape index (κ1) is 27.5. The molecule has 0 atom stereocenters. The molecule has 0 unspecified atom stereocenters. The van der Waals surface area contributed by atoms with Crippen molar-refractivity contribution in [3.63, 3.8) is 0 Å². The molecular weight excluding hydrogens is 522 g/mol. The van der Waals surface area contributed by atoms with Crippen molar-refractivity contribution in [3.8, 4) is 11.5 Å². The number of amides is 1. The minimum atomic E-state index is -4.07. The number of rotatable bonds is 9. The van der Waals surface area contributed by atoms with Gasteiger partial charge in [0.05, 0.1) is 31.0 Å². The maximum Gasteiger partial charge on any atom is 0.513 e. The van der Waals surface area contributed by atoms with Crippen LogP contribution in [-0.4, -0.2) is 47.5 Å². The highest BCUT2D eigenvalue weighted by atomic mass is 35.5. The normalized spacial score (nSPS) is 11.1. The zero-order valence-electron chi connectivity index (χ0n) is 20.2. The molecule has 0 aliphatic heterocycles. The Labute approximate surface area is 219 Å². The molecule has 3 aromatic rings. The van der Waals surface area contributed by atoms with Crippen LogP contribution in [0, 0.1) is 6.92 Å². The summed E-state index contributed by atoms with van der Waals surface area (Å²) in [5, 5.41) is 4.32. The molecule has 10 nitrogen and oxygen atoms in total. The van der Waals surface area contributed by atoms with E-state index >= 15 is 0 Å². The molecule has 0 fully saturated rings. The first-order valence-electron chi connectivity index (χ1n) is 10.7. The lowest BCUT2D eigenvalue weighted by Crippen LogP contribution is -2.39. The Bertz CT molecular complexity index is 1390. The minimum absolute atomic E-state index is 0.0331. The Hall–Kier alpha value is -4.09. The third-order valence-corrected chi connectivity index (χ3v) is 7.00. The van der Waals surface area contributed by atoms with Gasteiger partial charge in [-0.1, -0.05) is 29.3 Å². The number of hydrazone groups is 1. The second-order valence-corrected chi connectivity index (χ2v) is 9.86. The lowest BCUT2D eigenvalue weighted by Gasteiger charge is -2.23. The molecule has 0 saturated heterocycles. The molecule has 37 heavy (non-hydrogen) atoms. The first-order valence-corrected chi connectivity index (χ1v) is 12.6. The topological polar surface area (TPSA) is 124 Å². The molecule has 0 aromatic heterocycles. The average molecular weight is 546 g/mol. The van der Waals surface area contributed by atoms with Gasteiger partial charge >= 0.3 is 6.16 Å². The van der Waals surface area contributed by atoms with E-state index in [-0.39, 0.29) is 22.1 Å². The minimum Gasteiger partial charge on any atom is -0.493 e. The maximum atomic E-state index is 13.4. The van der Waals surface area contributed by atoms with Crippen LogP contribution in [0.4, 0.5) is 10.5 Å². The van der Waals surface area contributed by atoms with Crippen LogP contribution in [0.15, 0.2) is 76.7 Å². The van der Waals surface area contributed by atoms with Crippen LogP contribution in [0.25, 0.3) is 0 Å². The fourth-order valence-electron chi connectivity index (χ4n) is 3.08. The summed E-state index contributed by atoms with van der Waals surface area (Å²) in [6.45, 7) is 1.30. The van der Waals surface area contributed by atoms with Gasteiger partial charge in [-0.15, -0.1) is 0 Å². The average Bonchev–Trinajstić information content (AvgIpc) is 2.88. The van der Waals surface area contributed by atoms with E-state index in [0.29, 0.717) is 10.6 Å². The van der Waals surface area contributed by atoms with E-state index in [1.807, 2.05) is 6.92 Å². The van der Waals surface area contributed by atoms with Crippen molar-refractivity contribution in [1.82, 2.24) is 5.43 Å². The number of methoxy groups -OCH3 is 2. The Balaban J connectivity index is 1.78. The van der Waals surface area contributed by atoms with Crippen molar-refractivity contribution in [2.45, 2.75) is 11.8 Å². The largest absolute Gasteiger partial charge is 0.513 e. The maximum absolute atomic E-state index is 13.4. The van der Waals surface area contributed by atoms with Crippen LogP contribution in [0.1, 0.15) is 11.1 Å². The fourth-order valence-corrected chi connectivity index (χ4v) is 4.63. The zero-order valence-corrected chi connectivity index (χ0v) is 21.7. The molecule has 1 amide bonds. The van der Waals surface area contributed by atoms with E-state index in [2.05, 4.69) is 15.3 Å². The second kappa shape index (κ2) is 12.2. The predicted molar refractivity (Wildman–Crippen MR) is 139 cm³/mol. The van der Waals surface area contributed by atoms with E-state index < -0.39 is 28.6 Å². The van der Waals surface area contributed by atoms with Gasteiger partial charge in [-0.3, -0.25) is 9.10 Å². The highest BCUT2D eigenvalue weighted by Gasteiger charge is 2.27. The Kier molecular flexibility index (Phi) is 9.10. The van der Waals surface area contributed by atoms with Gasteiger partial charge in [-0.2, -0.15) is 5.10 Å². The third-order valence-electron chi connectivity index (χ3n) is 4.96. The van der Waals surface area contributed by atoms with E-state index in [9.17, 15) is 18.0 Å². The number of hydrogen-bond acceptors (Lipinski definition) is 8. The molecule has 0 heterocycles. The molecule has 3 rings (SSSR count). The molecule has 12 heteroatoms. The Morgan fingerprint density at radius 3 is 2.30 bits per heavy atom. The van der Waals surface area contributed by atoms with Gasteiger partial charge in [0.1, 0.15) is 6.54 Å². The summed E-state index contributed by atoms with van der Waals surface area (Å²) in [5.41, 5.74) is 3.98. The van der Waals surface area contributed by atoms with Crippen molar-refractivity contribution in [1.29, 1.82) is 0 Å². The summed E-state index contributed by atoms with van der Waals surface area (Å²) >= 11 is 5.95. The number of benzene rings is 3. The van der Waals surface area contributed by atoms with Crippen molar-refractivity contribution in [2.24, 2.45) is 5.10 Å².